The highest BCUT2D eigenvalue weighted by atomic mass is 35.5. The van der Waals surface area contributed by atoms with Crippen LogP contribution in [0.5, 0.6) is 5.75 Å². The molecule has 0 saturated carbocycles. The Hall–Kier alpha value is -0.770. The maximum atomic E-state index is 9.45. The number of ether oxygens (including phenoxy) is 1. The highest BCUT2D eigenvalue weighted by Crippen LogP contribution is 2.33. The Morgan fingerprint density at radius 1 is 1.41 bits per heavy atom. The lowest BCUT2D eigenvalue weighted by Gasteiger charge is -2.19. The largest absolute Gasteiger partial charge is 0.496 e. The first-order valence-corrected chi connectivity index (χ1v) is 6.00. The van der Waals surface area contributed by atoms with Crippen molar-refractivity contribution in [3.63, 3.8) is 0 Å². The number of aryl methyl sites for hydroxylation is 1. The van der Waals surface area contributed by atoms with E-state index in [2.05, 4.69) is 0 Å². The molecule has 17 heavy (non-hydrogen) atoms. The highest BCUT2D eigenvalue weighted by Gasteiger charge is 2.16. The van der Waals surface area contributed by atoms with Crippen LogP contribution >= 0.6 is 11.6 Å². The van der Waals surface area contributed by atoms with Crippen molar-refractivity contribution in [1.29, 1.82) is 0 Å². The standard InChI is InChI=1S/C13H19ClO3/c1-8(4-10(16)7-15)11-6-12(14)9(2)5-13(11)17-3/h5-6,8,10,15-16H,4,7H2,1-3H3. The molecule has 0 radical (unpaired) electrons. The number of methoxy groups -OCH3 is 1. The van der Waals surface area contributed by atoms with Crippen molar-refractivity contribution in [2.75, 3.05) is 13.7 Å². The second-order valence-corrected chi connectivity index (χ2v) is 4.72. The van der Waals surface area contributed by atoms with Gasteiger partial charge in [-0.1, -0.05) is 18.5 Å². The van der Waals surface area contributed by atoms with Gasteiger partial charge in [0.25, 0.3) is 0 Å². The van der Waals surface area contributed by atoms with E-state index in [0.29, 0.717) is 11.4 Å². The van der Waals surface area contributed by atoms with Crippen molar-refractivity contribution in [3.05, 3.63) is 28.3 Å². The van der Waals surface area contributed by atoms with Gasteiger partial charge in [0, 0.05) is 5.02 Å². The summed E-state index contributed by atoms with van der Waals surface area (Å²) in [6, 6.07) is 3.75. The fraction of sp³-hybridized carbons (Fsp3) is 0.538. The van der Waals surface area contributed by atoms with E-state index < -0.39 is 6.10 Å². The van der Waals surface area contributed by atoms with E-state index in [0.717, 1.165) is 16.9 Å². The zero-order chi connectivity index (χ0) is 13.0. The SMILES string of the molecule is COc1cc(C)c(Cl)cc1C(C)CC(O)CO. The minimum atomic E-state index is -0.713. The molecule has 0 heterocycles. The number of aliphatic hydroxyl groups excluding tert-OH is 2. The van der Waals surface area contributed by atoms with Crippen LogP contribution in [0.4, 0.5) is 0 Å². The van der Waals surface area contributed by atoms with E-state index >= 15 is 0 Å². The molecule has 0 saturated heterocycles. The fourth-order valence-corrected chi connectivity index (χ4v) is 2.01. The molecule has 0 aliphatic rings. The molecule has 0 aliphatic carbocycles. The molecule has 0 spiro atoms. The highest BCUT2D eigenvalue weighted by molar-refractivity contribution is 6.31. The minimum absolute atomic E-state index is 0.0743. The molecule has 1 aromatic rings. The Morgan fingerprint density at radius 3 is 2.59 bits per heavy atom. The predicted molar refractivity (Wildman–Crippen MR) is 68.9 cm³/mol. The lowest BCUT2D eigenvalue weighted by Crippen LogP contribution is -2.15. The van der Waals surface area contributed by atoms with Gasteiger partial charge in [0.1, 0.15) is 5.75 Å². The third-order valence-corrected chi connectivity index (χ3v) is 3.29. The van der Waals surface area contributed by atoms with Gasteiger partial charge in [0.05, 0.1) is 19.8 Å². The van der Waals surface area contributed by atoms with Gasteiger partial charge in [-0.2, -0.15) is 0 Å². The Kier molecular flexibility index (Phi) is 5.25. The van der Waals surface area contributed by atoms with Gasteiger partial charge >= 0.3 is 0 Å². The summed E-state index contributed by atoms with van der Waals surface area (Å²) in [5.74, 6) is 0.842. The van der Waals surface area contributed by atoms with Crippen LogP contribution in [0.3, 0.4) is 0 Å². The maximum absolute atomic E-state index is 9.45. The summed E-state index contributed by atoms with van der Waals surface area (Å²) in [5, 5.41) is 19.0. The van der Waals surface area contributed by atoms with Crippen molar-refractivity contribution in [3.8, 4) is 5.75 Å². The van der Waals surface area contributed by atoms with E-state index in [9.17, 15) is 5.11 Å². The van der Waals surface area contributed by atoms with E-state index in [4.69, 9.17) is 21.4 Å². The summed E-state index contributed by atoms with van der Waals surface area (Å²) in [5.41, 5.74) is 1.91. The van der Waals surface area contributed by atoms with E-state index in [-0.39, 0.29) is 12.5 Å². The van der Waals surface area contributed by atoms with Gasteiger partial charge in [0.2, 0.25) is 0 Å². The van der Waals surface area contributed by atoms with Crippen molar-refractivity contribution < 1.29 is 14.9 Å². The Bertz CT molecular complexity index is 379. The van der Waals surface area contributed by atoms with Gasteiger partial charge in [-0.3, -0.25) is 0 Å². The quantitative estimate of drug-likeness (QED) is 0.853. The van der Waals surface area contributed by atoms with Crippen molar-refractivity contribution in [2.45, 2.75) is 32.3 Å². The molecular weight excluding hydrogens is 240 g/mol. The fourth-order valence-electron chi connectivity index (χ4n) is 1.84. The molecule has 2 atom stereocenters. The molecule has 1 rings (SSSR count). The van der Waals surface area contributed by atoms with Crippen LogP contribution in [-0.4, -0.2) is 30.0 Å². The molecule has 1 aromatic carbocycles. The van der Waals surface area contributed by atoms with Gasteiger partial charge in [0.15, 0.2) is 0 Å². The van der Waals surface area contributed by atoms with Gasteiger partial charge < -0.3 is 14.9 Å². The van der Waals surface area contributed by atoms with Gasteiger partial charge in [-0.25, -0.2) is 0 Å². The van der Waals surface area contributed by atoms with Crippen molar-refractivity contribution in [1.82, 2.24) is 0 Å². The summed E-state index contributed by atoms with van der Waals surface area (Å²) < 4.78 is 5.31. The monoisotopic (exact) mass is 258 g/mol. The Morgan fingerprint density at radius 2 is 2.06 bits per heavy atom. The van der Waals surface area contributed by atoms with Crippen LogP contribution in [0.25, 0.3) is 0 Å². The summed E-state index contributed by atoms with van der Waals surface area (Å²) in [6.07, 6.45) is -0.235. The van der Waals surface area contributed by atoms with Crippen LogP contribution < -0.4 is 4.74 Å². The van der Waals surface area contributed by atoms with Crippen LogP contribution in [0, 0.1) is 6.92 Å². The number of hydrogen-bond donors (Lipinski definition) is 2. The Labute approximate surface area is 107 Å². The third kappa shape index (κ3) is 3.60. The molecular formula is C13H19ClO3. The zero-order valence-electron chi connectivity index (χ0n) is 10.4. The summed E-state index contributed by atoms with van der Waals surface area (Å²) in [6.45, 7) is 3.66. The molecule has 4 heteroatoms. The summed E-state index contributed by atoms with van der Waals surface area (Å²) in [4.78, 5) is 0. The first-order chi connectivity index (χ1) is 7.99. The summed E-state index contributed by atoms with van der Waals surface area (Å²) >= 11 is 6.09. The lowest BCUT2D eigenvalue weighted by molar-refractivity contribution is 0.0833. The molecule has 0 amide bonds. The number of halogens is 1. The van der Waals surface area contributed by atoms with E-state index in [1.807, 2.05) is 26.0 Å². The normalized spacial score (nSPS) is 14.5. The maximum Gasteiger partial charge on any atom is 0.122 e. The number of aliphatic hydroxyl groups is 2. The number of hydrogen-bond acceptors (Lipinski definition) is 3. The number of benzene rings is 1. The van der Waals surface area contributed by atoms with Crippen LogP contribution in [-0.2, 0) is 0 Å². The second kappa shape index (κ2) is 6.24. The third-order valence-electron chi connectivity index (χ3n) is 2.88. The van der Waals surface area contributed by atoms with Gasteiger partial charge in [-0.05, 0) is 42.5 Å². The smallest absolute Gasteiger partial charge is 0.122 e. The molecule has 0 bridgehead atoms. The molecule has 2 N–H and O–H groups in total. The zero-order valence-corrected chi connectivity index (χ0v) is 11.2. The molecule has 2 unspecified atom stereocenters. The molecule has 96 valence electrons. The van der Waals surface area contributed by atoms with Crippen LogP contribution in [0.15, 0.2) is 12.1 Å². The van der Waals surface area contributed by atoms with E-state index in [1.54, 1.807) is 7.11 Å². The van der Waals surface area contributed by atoms with Crippen molar-refractivity contribution in [2.24, 2.45) is 0 Å². The van der Waals surface area contributed by atoms with Gasteiger partial charge in [-0.15, -0.1) is 0 Å². The predicted octanol–water partition coefficient (Wildman–Crippen LogP) is 2.50. The topological polar surface area (TPSA) is 49.7 Å². The van der Waals surface area contributed by atoms with E-state index in [1.165, 1.54) is 0 Å². The molecule has 0 aromatic heterocycles. The molecule has 3 nitrogen and oxygen atoms in total. The molecule has 0 aliphatic heterocycles. The minimum Gasteiger partial charge on any atom is -0.496 e. The molecule has 0 fully saturated rings. The average molecular weight is 259 g/mol. The first kappa shape index (κ1) is 14.3. The summed E-state index contributed by atoms with van der Waals surface area (Å²) in [7, 11) is 1.61. The van der Waals surface area contributed by atoms with Crippen LogP contribution in [0.2, 0.25) is 5.02 Å². The second-order valence-electron chi connectivity index (χ2n) is 4.32. The van der Waals surface area contributed by atoms with Crippen molar-refractivity contribution >= 4 is 11.6 Å². The first-order valence-electron chi connectivity index (χ1n) is 5.62. The Balaban J connectivity index is 2.99. The number of rotatable bonds is 5. The van der Waals surface area contributed by atoms with Crippen LogP contribution in [0.1, 0.15) is 30.4 Å². The lowest BCUT2D eigenvalue weighted by atomic mass is 9.93. The average Bonchev–Trinajstić information content (AvgIpc) is 2.31.